The summed E-state index contributed by atoms with van der Waals surface area (Å²) in [5.74, 6) is 2.75. The van der Waals surface area contributed by atoms with Crippen LogP contribution in [0.15, 0.2) is 0 Å². The molecule has 2 heteroatoms. The Hall–Kier alpha value is -0.0800. The lowest BCUT2D eigenvalue weighted by Crippen LogP contribution is -2.58. The van der Waals surface area contributed by atoms with E-state index in [1.165, 1.54) is 45.3 Å². The highest BCUT2D eigenvalue weighted by atomic mass is 15.2. The topological polar surface area (TPSA) is 15.3 Å². The maximum absolute atomic E-state index is 3.74. The van der Waals surface area contributed by atoms with Crippen LogP contribution in [-0.2, 0) is 0 Å². The Balaban J connectivity index is 1.85. The fraction of sp³-hybridized carbons (Fsp3) is 1.00. The molecule has 1 saturated heterocycles. The van der Waals surface area contributed by atoms with Gasteiger partial charge in [0.05, 0.1) is 0 Å². The van der Waals surface area contributed by atoms with E-state index >= 15 is 0 Å². The van der Waals surface area contributed by atoms with E-state index in [1.54, 1.807) is 0 Å². The molecule has 106 valence electrons. The number of rotatable bonds is 4. The van der Waals surface area contributed by atoms with E-state index in [9.17, 15) is 0 Å². The van der Waals surface area contributed by atoms with E-state index in [2.05, 4.69) is 37.9 Å². The second-order valence-corrected chi connectivity index (χ2v) is 6.99. The molecule has 1 saturated carbocycles. The van der Waals surface area contributed by atoms with Gasteiger partial charge in [-0.2, -0.15) is 0 Å². The van der Waals surface area contributed by atoms with Crippen molar-refractivity contribution < 1.29 is 0 Å². The number of hydrogen-bond acceptors (Lipinski definition) is 2. The van der Waals surface area contributed by atoms with Gasteiger partial charge in [0.2, 0.25) is 0 Å². The van der Waals surface area contributed by atoms with E-state index < -0.39 is 0 Å². The first-order chi connectivity index (χ1) is 8.60. The van der Waals surface area contributed by atoms with Gasteiger partial charge in [-0.25, -0.2) is 0 Å². The third-order valence-corrected chi connectivity index (χ3v) is 5.36. The first kappa shape index (κ1) is 14.3. The van der Waals surface area contributed by atoms with Gasteiger partial charge in [0.1, 0.15) is 0 Å². The highest BCUT2D eigenvalue weighted by molar-refractivity contribution is 4.88. The van der Waals surface area contributed by atoms with Crippen LogP contribution in [0.3, 0.4) is 0 Å². The van der Waals surface area contributed by atoms with Crippen molar-refractivity contribution in [2.24, 2.45) is 17.8 Å². The summed E-state index contributed by atoms with van der Waals surface area (Å²) in [6.45, 7) is 13.3. The van der Waals surface area contributed by atoms with E-state index in [-0.39, 0.29) is 0 Å². The maximum atomic E-state index is 3.74. The third kappa shape index (κ3) is 3.48. The van der Waals surface area contributed by atoms with Crippen LogP contribution >= 0.6 is 0 Å². The van der Waals surface area contributed by atoms with Crippen molar-refractivity contribution in [3.8, 4) is 0 Å². The Labute approximate surface area is 114 Å². The van der Waals surface area contributed by atoms with E-state index in [1.807, 2.05) is 0 Å². The molecule has 0 aromatic heterocycles. The van der Waals surface area contributed by atoms with Crippen LogP contribution in [0.4, 0.5) is 0 Å². The molecule has 1 heterocycles. The van der Waals surface area contributed by atoms with Gasteiger partial charge >= 0.3 is 0 Å². The van der Waals surface area contributed by atoms with Crippen LogP contribution < -0.4 is 5.32 Å². The van der Waals surface area contributed by atoms with Crippen LogP contribution in [0.2, 0.25) is 0 Å². The summed E-state index contributed by atoms with van der Waals surface area (Å²) in [6.07, 6.45) is 5.68. The molecule has 0 aromatic carbocycles. The van der Waals surface area contributed by atoms with Crippen LogP contribution in [0.5, 0.6) is 0 Å². The van der Waals surface area contributed by atoms with E-state index in [4.69, 9.17) is 0 Å². The third-order valence-electron chi connectivity index (χ3n) is 5.36. The average Bonchev–Trinajstić information content (AvgIpc) is 2.76. The summed E-state index contributed by atoms with van der Waals surface area (Å²) in [5, 5.41) is 3.74. The highest BCUT2D eigenvalue weighted by Crippen LogP contribution is 2.31. The number of nitrogens with one attached hydrogen (secondary N) is 1. The van der Waals surface area contributed by atoms with Crippen molar-refractivity contribution in [2.45, 2.75) is 65.5 Å². The van der Waals surface area contributed by atoms with Crippen molar-refractivity contribution in [3.63, 3.8) is 0 Å². The predicted molar refractivity (Wildman–Crippen MR) is 78.8 cm³/mol. The molecular formula is C16H32N2. The molecule has 18 heavy (non-hydrogen) atoms. The molecule has 0 aromatic rings. The average molecular weight is 252 g/mol. The van der Waals surface area contributed by atoms with Gasteiger partial charge < -0.3 is 5.32 Å². The molecule has 2 nitrogen and oxygen atoms in total. The fourth-order valence-electron chi connectivity index (χ4n) is 3.69. The normalized spacial score (nSPS) is 40.0. The molecule has 0 radical (unpaired) electrons. The predicted octanol–water partition coefficient (Wildman–Crippen LogP) is 3.13. The maximum Gasteiger partial charge on any atom is 0.0221 e. The lowest BCUT2D eigenvalue weighted by Gasteiger charge is -2.42. The summed E-state index contributed by atoms with van der Waals surface area (Å²) in [6, 6.07) is 1.44. The van der Waals surface area contributed by atoms with Crippen molar-refractivity contribution in [1.29, 1.82) is 0 Å². The molecule has 0 bridgehead atoms. The van der Waals surface area contributed by atoms with Gasteiger partial charge in [0.25, 0.3) is 0 Å². The Morgan fingerprint density at radius 1 is 1.28 bits per heavy atom. The Morgan fingerprint density at radius 2 is 2.06 bits per heavy atom. The molecule has 1 N–H and O–H groups in total. The van der Waals surface area contributed by atoms with Gasteiger partial charge in [0.15, 0.2) is 0 Å². The van der Waals surface area contributed by atoms with E-state index in [0.29, 0.717) is 6.04 Å². The quantitative estimate of drug-likeness (QED) is 0.827. The lowest BCUT2D eigenvalue weighted by atomic mass is 9.94. The lowest BCUT2D eigenvalue weighted by molar-refractivity contribution is 0.101. The molecule has 0 amide bonds. The zero-order chi connectivity index (χ0) is 13.1. The monoisotopic (exact) mass is 252 g/mol. The highest BCUT2D eigenvalue weighted by Gasteiger charge is 2.31. The molecule has 0 spiro atoms. The first-order valence-electron chi connectivity index (χ1n) is 8.07. The molecule has 2 fully saturated rings. The smallest absolute Gasteiger partial charge is 0.0221 e. The molecule has 1 aliphatic carbocycles. The minimum atomic E-state index is 0.713. The Bertz CT molecular complexity index is 251. The summed E-state index contributed by atoms with van der Waals surface area (Å²) < 4.78 is 0. The number of piperazine rings is 1. The van der Waals surface area contributed by atoms with Gasteiger partial charge in [-0.3, -0.25) is 4.90 Å². The minimum Gasteiger partial charge on any atom is -0.311 e. The van der Waals surface area contributed by atoms with Gasteiger partial charge in [-0.15, -0.1) is 0 Å². The second-order valence-electron chi connectivity index (χ2n) is 6.99. The Morgan fingerprint density at radius 3 is 2.67 bits per heavy atom. The largest absolute Gasteiger partial charge is 0.311 e. The van der Waals surface area contributed by atoms with Gasteiger partial charge in [0, 0.05) is 31.7 Å². The van der Waals surface area contributed by atoms with E-state index in [0.717, 1.165) is 23.8 Å². The minimum absolute atomic E-state index is 0.713. The summed E-state index contributed by atoms with van der Waals surface area (Å²) in [7, 11) is 0. The SMILES string of the molecule is CCC(C)C1CN(CC2CCC(C)C2)C(C)CN1. The number of nitrogens with zero attached hydrogens (tertiary/aromatic N) is 1. The first-order valence-corrected chi connectivity index (χ1v) is 8.07. The standard InChI is InChI=1S/C16H32N2/c1-5-13(3)16-11-18(14(4)9-17-16)10-15-7-6-12(2)8-15/h12-17H,5-11H2,1-4H3. The molecule has 5 unspecified atom stereocenters. The van der Waals surface area contributed by atoms with Crippen molar-refractivity contribution >= 4 is 0 Å². The summed E-state index contributed by atoms with van der Waals surface area (Å²) in [4.78, 5) is 2.76. The van der Waals surface area contributed by atoms with Crippen LogP contribution in [0, 0.1) is 17.8 Å². The van der Waals surface area contributed by atoms with Crippen molar-refractivity contribution in [1.82, 2.24) is 10.2 Å². The second kappa shape index (κ2) is 6.38. The number of hydrogen-bond donors (Lipinski definition) is 1. The zero-order valence-electron chi connectivity index (χ0n) is 12.8. The van der Waals surface area contributed by atoms with Crippen molar-refractivity contribution in [2.75, 3.05) is 19.6 Å². The van der Waals surface area contributed by atoms with Gasteiger partial charge in [-0.05, 0) is 37.5 Å². The van der Waals surface area contributed by atoms with Gasteiger partial charge in [-0.1, -0.05) is 33.6 Å². The van der Waals surface area contributed by atoms with Crippen LogP contribution in [0.25, 0.3) is 0 Å². The molecule has 5 atom stereocenters. The zero-order valence-corrected chi connectivity index (χ0v) is 12.8. The molecular weight excluding hydrogens is 220 g/mol. The summed E-state index contributed by atoms with van der Waals surface area (Å²) >= 11 is 0. The molecule has 2 aliphatic rings. The molecule has 1 aliphatic heterocycles. The molecule has 2 rings (SSSR count). The van der Waals surface area contributed by atoms with Crippen LogP contribution in [-0.4, -0.2) is 36.6 Å². The van der Waals surface area contributed by atoms with Crippen LogP contribution in [0.1, 0.15) is 53.4 Å². The Kier molecular flexibility index (Phi) is 5.08. The van der Waals surface area contributed by atoms with Crippen molar-refractivity contribution in [3.05, 3.63) is 0 Å². The fourth-order valence-corrected chi connectivity index (χ4v) is 3.69. The summed E-state index contributed by atoms with van der Waals surface area (Å²) in [5.41, 5.74) is 0.